The number of allylic oxidation sites excluding steroid dienone is 1. The smallest absolute Gasteiger partial charge is 0.0585 e. The van der Waals surface area contributed by atoms with Gasteiger partial charge in [0.25, 0.3) is 0 Å². The molecule has 0 bridgehead atoms. The summed E-state index contributed by atoms with van der Waals surface area (Å²) in [5.41, 5.74) is 5.58. The first-order chi connectivity index (χ1) is 7.81. The summed E-state index contributed by atoms with van der Waals surface area (Å²) in [4.78, 5) is 0. The van der Waals surface area contributed by atoms with Crippen molar-refractivity contribution in [3.05, 3.63) is 12.2 Å². The fourth-order valence-corrected chi connectivity index (χ4v) is 1.68. The maximum absolute atomic E-state index is 8.72. The second kappa shape index (κ2) is 12.7. The van der Waals surface area contributed by atoms with Crippen molar-refractivity contribution in [1.29, 1.82) is 0 Å². The van der Waals surface area contributed by atoms with Gasteiger partial charge in [0.2, 0.25) is 0 Å². The van der Waals surface area contributed by atoms with Crippen LogP contribution >= 0.6 is 0 Å². The second-order valence-electron chi connectivity index (χ2n) is 4.56. The number of aliphatic hydroxyl groups excluding tert-OH is 1. The standard InChI is InChI=1S/C14H29NO/c1-2-3-4-5-6-7-8-9-10-11-12-14(15)13-16/h10-11,14,16H,2-9,12-13,15H2,1H3/b11-10+. The molecule has 0 aliphatic carbocycles. The van der Waals surface area contributed by atoms with Crippen LogP contribution in [0.25, 0.3) is 0 Å². The fourth-order valence-electron chi connectivity index (χ4n) is 1.68. The van der Waals surface area contributed by atoms with E-state index in [9.17, 15) is 0 Å². The van der Waals surface area contributed by atoms with Crippen molar-refractivity contribution >= 4 is 0 Å². The van der Waals surface area contributed by atoms with Crippen molar-refractivity contribution in [3.8, 4) is 0 Å². The Morgan fingerprint density at radius 3 is 2.25 bits per heavy atom. The quantitative estimate of drug-likeness (QED) is 0.420. The van der Waals surface area contributed by atoms with E-state index in [1.807, 2.05) is 0 Å². The summed E-state index contributed by atoms with van der Waals surface area (Å²) in [7, 11) is 0. The minimum Gasteiger partial charge on any atom is -0.395 e. The number of aliphatic hydroxyl groups is 1. The van der Waals surface area contributed by atoms with Crippen molar-refractivity contribution in [1.82, 2.24) is 0 Å². The molecule has 96 valence electrons. The molecule has 2 nitrogen and oxygen atoms in total. The Labute approximate surface area is 101 Å². The Hall–Kier alpha value is -0.340. The van der Waals surface area contributed by atoms with Gasteiger partial charge in [0.1, 0.15) is 0 Å². The molecule has 0 aliphatic heterocycles. The van der Waals surface area contributed by atoms with E-state index in [4.69, 9.17) is 10.8 Å². The summed E-state index contributed by atoms with van der Waals surface area (Å²) in [6.07, 6.45) is 15.8. The molecule has 0 spiro atoms. The van der Waals surface area contributed by atoms with E-state index < -0.39 is 0 Å². The Kier molecular flexibility index (Phi) is 12.5. The summed E-state index contributed by atoms with van der Waals surface area (Å²) >= 11 is 0. The first kappa shape index (κ1) is 15.7. The lowest BCUT2D eigenvalue weighted by atomic mass is 10.1. The average molecular weight is 227 g/mol. The molecule has 0 amide bonds. The van der Waals surface area contributed by atoms with Gasteiger partial charge in [0, 0.05) is 6.04 Å². The molecule has 0 aromatic carbocycles. The topological polar surface area (TPSA) is 46.2 Å². The summed E-state index contributed by atoms with van der Waals surface area (Å²) < 4.78 is 0. The molecule has 2 heteroatoms. The van der Waals surface area contributed by atoms with Crippen LogP contribution in [0.2, 0.25) is 0 Å². The molecule has 0 fully saturated rings. The predicted molar refractivity (Wildman–Crippen MR) is 71.4 cm³/mol. The van der Waals surface area contributed by atoms with E-state index in [-0.39, 0.29) is 12.6 Å². The summed E-state index contributed by atoms with van der Waals surface area (Å²) in [5.74, 6) is 0. The van der Waals surface area contributed by atoms with Crippen molar-refractivity contribution in [2.75, 3.05) is 6.61 Å². The van der Waals surface area contributed by atoms with Gasteiger partial charge in [-0.3, -0.25) is 0 Å². The number of unbranched alkanes of at least 4 members (excludes halogenated alkanes) is 7. The molecular weight excluding hydrogens is 198 g/mol. The summed E-state index contributed by atoms with van der Waals surface area (Å²) in [6.45, 7) is 2.34. The van der Waals surface area contributed by atoms with E-state index >= 15 is 0 Å². The minimum absolute atomic E-state index is 0.0784. The Morgan fingerprint density at radius 2 is 1.62 bits per heavy atom. The van der Waals surface area contributed by atoms with Gasteiger partial charge in [-0.1, -0.05) is 57.6 Å². The van der Waals surface area contributed by atoms with Crippen LogP contribution in [0, 0.1) is 0 Å². The molecule has 0 saturated heterocycles. The first-order valence-electron chi connectivity index (χ1n) is 6.82. The minimum atomic E-state index is -0.0784. The van der Waals surface area contributed by atoms with Gasteiger partial charge in [-0.25, -0.2) is 0 Å². The highest BCUT2D eigenvalue weighted by Gasteiger charge is 1.94. The number of nitrogens with two attached hydrogens (primary N) is 1. The van der Waals surface area contributed by atoms with E-state index in [1.165, 1.54) is 44.9 Å². The molecule has 0 radical (unpaired) electrons. The van der Waals surface area contributed by atoms with Crippen molar-refractivity contribution in [2.24, 2.45) is 5.73 Å². The first-order valence-corrected chi connectivity index (χ1v) is 6.82. The molecule has 1 unspecified atom stereocenters. The van der Waals surface area contributed by atoms with Crippen LogP contribution in [0.3, 0.4) is 0 Å². The summed E-state index contributed by atoms with van der Waals surface area (Å²) in [5, 5.41) is 8.72. The van der Waals surface area contributed by atoms with E-state index in [1.54, 1.807) is 0 Å². The zero-order chi connectivity index (χ0) is 12.1. The van der Waals surface area contributed by atoms with Gasteiger partial charge < -0.3 is 10.8 Å². The third-order valence-electron chi connectivity index (χ3n) is 2.81. The molecular formula is C14H29NO. The van der Waals surface area contributed by atoms with Gasteiger partial charge in [0.15, 0.2) is 0 Å². The Morgan fingerprint density at radius 1 is 1.00 bits per heavy atom. The molecule has 1 atom stereocenters. The van der Waals surface area contributed by atoms with Gasteiger partial charge in [0.05, 0.1) is 6.61 Å². The maximum Gasteiger partial charge on any atom is 0.0585 e. The number of hydrogen-bond acceptors (Lipinski definition) is 2. The van der Waals surface area contributed by atoms with Crippen LogP contribution in [0.1, 0.15) is 64.7 Å². The van der Waals surface area contributed by atoms with Crippen LogP contribution < -0.4 is 5.73 Å². The normalized spacial score (nSPS) is 13.4. The molecule has 3 N–H and O–H groups in total. The van der Waals surface area contributed by atoms with Crippen LogP contribution in [0.5, 0.6) is 0 Å². The largest absolute Gasteiger partial charge is 0.395 e. The van der Waals surface area contributed by atoms with Gasteiger partial charge in [-0.15, -0.1) is 0 Å². The lowest BCUT2D eigenvalue weighted by Gasteiger charge is -2.02. The van der Waals surface area contributed by atoms with Gasteiger partial charge in [-0.05, 0) is 19.3 Å². The van der Waals surface area contributed by atoms with E-state index in [0.717, 1.165) is 12.8 Å². The predicted octanol–water partition coefficient (Wildman–Crippen LogP) is 3.39. The van der Waals surface area contributed by atoms with E-state index in [2.05, 4.69) is 19.1 Å². The fraction of sp³-hybridized carbons (Fsp3) is 0.857. The van der Waals surface area contributed by atoms with Gasteiger partial charge >= 0.3 is 0 Å². The average Bonchev–Trinajstić information content (AvgIpc) is 2.31. The van der Waals surface area contributed by atoms with Crippen molar-refractivity contribution in [3.63, 3.8) is 0 Å². The number of hydrogen-bond donors (Lipinski definition) is 2. The highest BCUT2D eigenvalue weighted by molar-refractivity contribution is 4.85. The monoisotopic (exact) mass is 227 g/mol. The molecule has 0 aromatic heterocycles. The lowest BCUT2D eigenvalue weighted by molar-refractivity contribution is 0.266. The van der Waals surface area contributed by atoms with Crippen molar-refractivity contribution < 1.29 is 5.11 Å². The zero-order valence-electron chi connectivity index (χ0n) is 10.8. The zero-order valence-corrected chi connectivity index (χ0v) is 10.8. The molecule has 0 aromatic rings. The maximum atomic E-state index is 8.72. The summed E-state index contributed by atoms with van der Waals surface area (Å²) in [6, 6.07) is -0.0784. The Balaban J connectivity index is 3.08. The highest BCUT2D eigenvalue weighted by Crippen LogP contribution is 2.08. The highest BCUT2D eigenvalue weighted by atomic mass is 16.3. The van der Waals surface area contributed by atoms with E-state index in [0.29, 0.717) is 0 Å². The molecule has 0 rings (SSSR count). The molecule has 0 saturated carbocycles. The third kappa shape index (κ3) is 11.7. The van der Waals surface area contributed by atoms with Crippen LogP contribution in [-0.2, 0) is 0 Å². The molecule has 0 aliphatic rings. The SMILES string of the molecule is CCCCCCCCC/C=C/CC(N)CO. The lowest BCUT2D eigenvalue weighted by Crippen LogP contribution is -2.22. The number of rotatable bonds is 11. The van der Waals surface area contributed by atoms with Gasteiger partial charge in [-0.2, -0.15) is 0 Å². The molecule has 0 heterocycles. The molecule has 16 heavy (non-hydrogen) atoms. The second-order valence-corrected chi connectivity index (χ2v) is 4.56. The van der Waals surface area contributed by atoms with Crippen LogP contribution in [-0.4, -0.2) is 17.8 Å². The van der Waals surface area contributed by atoms with Crippen LogP contribution in [0.4, 0.5) is 0 Å². The third-order valence-corrected chi connectivity index (χ3v) is 2.81. The Bertz CT molecular complexity index is 157. The van der Waals surface area contributed by atoms with Crippen molar-refractivity contribution in [2.45, 2.75) is 70.8 Å². The van der Waals surface area contributed by atoms with Crippen LogP contribution in [0.15, 0.2) is 12.2 Å².